The Kier molecular flexibility index (Phi) is 6.34. The number of carboxylic acid groups (broad SMARTS) is 1. The van der Waals surface area contributed by atoms with Crippen LogP contribution in [0.25, 0.3) is 5.69 Å². The summed E-state index contributed by atoms with van der Waals surface area (Å²) in [7, 11) is 3.88. The van der Waals surface area contributed by atoms with Crippen LogP contribution in [0.2, 0.25) is 0 Å². The van der Waals surface area contributed by atoms with Crippen LogP contribution in [0, 0.1) is 13.8 Å². The highest BCUT2D eigenvalue weighted by atomic mass is 16.4. The summed E-state index contributed by atoms with van der Waals surface area (Å²) in [6.07, 6.45) is 2.42. The number of carboxylic acids is 1. The molecule has 1 heterocycles. The van der Waals surface area contributed by atoms with Gasteiger partial charge in [0.15, 0.2) is 5.82 Å². The van der Waals surface area contributed by atoms with Crippen LogP contribution in [0.5, 0.6) is 0 Å². The van der Waals surface area contributed by atoms with Crippen LogP contribution in [0.15, 0.2) is 54.7 Å². The van der Waals surface area contributed by atoms with Crippen molar-refractivity contribution in [2.45, 2.75) is 26.2 Å². The minimum atomic E-state index is -1.03. The molecule has 0 aliphatic heterocycles. The van der Waals surface area contributed by atoms with Crippen molar-refractivity contribution in [3.05, 3.63) is 71.4 Å². The number of hydrogen-bond acceptors (Lipinski definition) is 5. The quantitative estimate of drug-likeness (QED) is 0.639. The van der Waals surface area contributed by atoms with Crippen LogP contribution in [-0.4, -0.2) is 41.3 Å². The van der Waals surface area contributed by atoms with Gasteiger partial charge in [-0.25, -0.2) is 4.68 Å². The molecule has 2 aromatic carbocycles. The standard InChI is InChI=1S/C23H28N4O2/c1-16-14-18(15-17(2)22(16)20(23(28)29)10-12-26(3)4)24-21-11-13-27(25-21)19-8-6-5-7-9-19/h5-9,11,13-15,20H,10,12H2,1-4H3,(H,24,25)(H,28,29)/p-1. The molecule has 1 aromatic heterocycles. The highest BCUT2D eigenvalue weighted by Gasteiger charge is 2.19. The van der Waals surface area contributed by atoms with Crippen LogP contribution >= 0.6 is 0 Å². The third-order valence-electron chi connectivity index (χ3n) is 4.97. The lowest BCUT2D eigenvalue weighted by molar-refractivity contribution is -0.308. The highest BCUT2D eigenvalue weighted by Crippen LogP contribution is 2.30. The van der Waals surface area contributed by atoms with Gasteiger partial charge in [-0.05, 0) is 81.9 Å². The molecule has 1 atom stereocenters. The van der Waals surface area contributed by atoms with E-state index in [-0.39, 0.29) is 0 Å². The van der Waals surface area contributed by atoms with E-state index in [1.165, 1.54) is 0 Å². The number of aliphatic carboxylic acids is 1. The van der Waals surface area contributed by atoms with Gasteiger partial charge >= 0.3 is 0 Å². The Bertz CT molecular complexity index is 957. The number of carbonyl (C=O) groups excluding carboxylic acids is 1. The molecule has 0 aliphatic carbocycles. The summed E-state index contributed by atoms with van der Waals surface area (Å²) in [5, 5.41) is 19.7. The lowest BCUT2D eigenvalue weighted by Crippen LogP contribution is -2.32. The van der Waals surface area contributed by atoms with E-state index < -0.39 is 11.9 Å². The second kappa shape index (κ2) is 8.92. The normalized spacial score (nSPS) is 12.2. The molecule has 3 aromatic rings. The molecule has 152 valence electrons. The van der Waals surface area contributed by atoms with E-state index in [1.54, 1.807) is 0 Å². The zero-order valence-corrected chi connectivity index (χ0v) is 17.3. The van der Waals surface area contributed by atoms with Crippen LogP contribution in [0.4, 0.5) is 11.5 Å². The Morgan fingerprint density at radius 3 is 2.38 bits per heavy atom. The first kappa shape index (κ1) is 20.6. The molecule has 0 radical (unpaired) electrons. The Morgan fingerprint density at radius 1 is 1.14 bits per heavy atom. The van der Waals surface area contributed by atoms with Crippen molar-refractivity contribution in [1.82, 2.24) is 14.7 Å². The van der Waals surface area contributed by atoms with Gasteiger partial charge in [0.05, 0.1) is 5.69 Å². The second-order valence-electron chi connectivity index (χ2n) is 7.59. The summed E-state index contributed by atoms with van der Waals surface area (Å²) >= 11 is 0. The SMILES string of the molecule is Cc1cc(Nc2ccn(-c3ccccc3)n2)cc(C)c1C(CCN(C)C)C(=O)[O-]. The molecule has 0 spiro atoms. The summed E-state index contributed by atoms with van der Waals surface area (Å²) in [4.78, 5) is 13.8. The average molecular weight is 391 g/mol. The summed E-state index contributed by atoms with van der Waals surface area (Å²) in [5.41, 5.74) is 4.57. The molecule has 6 nitrogen and oxygen atoms in total. The number of nitrogens with one attached hydrogen (secondary N) is 1. The predicted octanol–water partition coefficient (Wildman–Crippen LogP) is 3.02. The lowest BCUT2D eigenvalue weighted by Gasteiger charge is -2.25. The van der Waals surface area contributed by atoms with E-state index in [9.17, 15) is 9.90 Å². The fourth-order valence-electron chi connectivity index (χ4n) is 3.63. The highest BCUT2D eigenvalue weighted by molar-refractivity contribution is 5.76. The molecule has 0 saturated carbocycles. The Hall–Kier alpha value is -3.12. The Labute approximate surface area is 171 Å². The molecule has 6 heteroatoms. The number of hydrogen-bond donors (Lipinski definition) is 1. The predicted molar refractivity (Wildman–Crippen MR) is 114 cm³/mol. The number of aryl methyl sites for hydroxylation is 2. The van der Waals surface area contributed by atoms with Crippen molar-refractivity contribution in [3.63, 3.8) is 0 Å². The Morgan fingerprint density at radius 2 is 1.79 bits per heavy atom. The smallest absolute Gasteiger partial charge is 0.152 e. The summed E-state index contributed by atoms with van der Waals surface area (Å²) in [6.45, 7) is 4.58. The Balaban J connectivity index is 1.82. The molecular formula is C23H27N4O2-. The molecule has 0 aliphatic rings. The fraction of sp³-hybridized carbons (Fsp3) is 0.304. The van der Waals surface area contributed by atoms with Crippen molar-refractivity contribution >= 4 is 17.5 Å². The fourth-order valence-corrected chi connectivity index (χ4v) is 3.63. The van der Waals surface area contributed by atoms with Gasteiger partial charge in [0.25, 0.3) is 0 Å². The number of aromatic nitrogens is 2. The summed E-state index contributed by atoms with van der Waals surface area (Å²) < 4.78 is 1.81. The van der Waals surface area contributed by atoms with Crippen molar-refractivity contribution in [2.75, 3.05) is 26.0 Å². The van der Waals surface area contributed by atoms with Gasteiger partial charge in [-0.2, -0.15) is 5.10 Å². The first-order valence-corrected chi connectivity index (χ1v) is 9.70. The van der Waals surface area contributed by atoms with Crippen molar-refractivity contribution in [3.8, 4) is 5.69 Å². The van der Waals surface area contributed by atoms with E-state index in [4.69, 9.17) is 0 Å². The maximum atomic E-state index is 11.8. The second-order valence-corrected chi connectivity index (χ2v) is 7.59. The van der Waals surface area contributed by atoms with Gasteiger partial charge in [-0.1, -0.05) is 18.2 Å². The van der Waals surface area contributed by atoms with Gasteiger partial charge in [0.2, 0.25) is 0 Å². The first-order valence-electron chi connectivity index (χ1n) is 9.70. The molecule has 1 N–H and O–H groups in total. The molecule has 29 heavy (non-hydrogen) atoms. The van der Waals surface area contributed by atoms with Gasteiger partial charge in [0, 0.05) is 29.8 Å². The van der Waals surface area contributed by atoms with Gasteiger partial charge < -0.3 is 20.1 Å². The molecular weight excluding hydrogens is 364 g/mol. The van der Waals surface area contributed by atoms with E-state index in [0.29, 0.717) is 13.0 Å². The number of carbonyl (C=O) groups is 1. The van der Waals surface area contributed by atoms with Gasteiger partial charge in [-0.15, -0.1) is 0 Å². The molecule has 3 rings (SSSR count). The molecule has 0 amide bonds. The van der Waals surface area contributed by atoms with E-state index >= 15 is 0 Å². The number of benzene rings is 2. The van der Waals surface area contributed by atoms with Crippen molar-refractivity contribution in [2.24, 2.45) is 0 Å². The van der Waals surface area contributed by atoms with Crippen LogP contribution < -0.4 is 10.4 Å². The number of nitrogens with zero attached hydrogens (tertiary/aromatic N) is 3. The topological polar surface area (TPSA) is 73.2 Å². The molecule has 0 bridgehead atoms. The van der Waals surface area contributed by atoms with Gasteiger partial charge in [-0.3, -0.25) is 0 Å². The average Bonchev–Trinajstić information content (AvgIpc) is 3.12. The number of rotatable bonds is 8. The first-order chi connectivity index (χ1) is 13.8. The van der Waals surface area contributed by atoms with Gasteiger partial charge in [0.1, 0.15) is 0 Å². The zero-order chi connectivity index (χ0) is 21.0. The maximum absolute atomic E-state index is 11.8. The summed E-state index contributed by atoms with van der Waals surface area (Å²) in [6, 6.07) is 15.7. The maximum Gasteiger partial charge on any atom is 0.152 e. The van der Waals surface area contributed by atoms with Crippen LogP contribution in [-0.2, 0) is 4.79 Å². The number of anilines is 2. The van der Waals surface area contributed by atoms with Crippen molar-refractivity contribution < 1.29 is 9.90 Å². The third-order valence-corrected chi connectivity index (χ3v) is 4.97. The summed E-state index contributed by atoms with van der Waals surface area (Å²) in [5.74, 6) is -0.923. The minimum Gasteiger partial charge on any atom is -0.549 e. The minimum absolute atomic E-state index is 0.519. The molecule has 0 fully saturated rings. The van der Waals surface area contributed by atoms with Crippen molar-refractivity contribution in [1.29, 1.82) is 0 Å². The van der Waals surface area contributed by atoms with Crippen LogP contribution in [0.3, 0.4) is 0 Å². The third kappa shape index (κ3) is 5.03. The van der Waals surface area contributed by atoms with E-state index in [2.05, 4.69) is 10.4 Å². The molecule has 0 saturated heterocycles. The van der Waals surface area contributed by atoms with E-state index in [0.717, 1.165) is 33.9 Å². The number of para-hydroxylation sites is 1. The molecule has 1 unspecified atom stereocenters. The van der Waals surface area contributed by atoms with E-state index in [1.807, 2.05) is 92.3 Å². The lowest BCUT2D eigenvalue weighted by atomic mass is 9.88. The zero-order valence-electron chi connectivity index (χ0n) is 17.3. The largest absolute Gasteiger partial charge is 0.549 e. The monoisotopic (exact) mass is 391 g/mol. The van der Waals surface area contributed by atoms with Crippen LogP contribution in [0.1, 0.15) is 29.0 Å².